The van der Waals surface area contributed by atoms with E-state index in [1.165, 1.54) is 11.3 Å². The number of nitrogens with zero attached hydrogens (tertiary/aromatic N) is 2. The van der Waals surface area contributed by atoms with Gasteiger partial charge in [0, 0.05) is 17.4 Å². The lowest BCUT2D eigenvalue weighted by atomic mass is 10.1. The molecule has 24 heavy (non-hydrogen) atoms. The van der Waals surface area contributed by atoms with Crippen molar-refractivity contribution in [2.24, 2.45) is 5.92 Å². The maximum absolute atomic E-state index is 12.5. The Labute approximate surface area is 143 Å². The molecule has 7 heteroatoms. The highest BCUT2D eigenvalue weighted by molar-refractivity contribution is 7.15. The Bertz CT molecular complexity index is 882. The van der Waals surface area contributed by atoms with Crippen LogP contribution >= 0.6 is 11.3 Å². The molecule has 1 N–H and O–H groups in total. The zero-order valence-corrected chi connectivity index (χ0v) is 14.9. The number of anilines is 1. The molecule has 0 spiro atoms. The minimum atomic E-state index is -0.324. The van der Waals surface area contributed by atoms with Crippen LogP contribution in [0.4, 0.5) is 5.13 Å². The van der Waals surface area contributed by atoms with Gasteiger partial charge in [0.25, 0.3) is 5.91 Å². The minimum absolute atomic E-state index is 0.277. The maximum Gasteiger partial charge on any atom is 0.293 e. The molecule has 1 amide bonds. The van der Waals surface area contributed by atoms with E-state index in [4.69, 9.17) is 9.15 Å². The van der Waals surface area contributed by atoms with Gasteiger partial charge >= 0.3 is 0 Å². The first kappa shape index (κ1) is 16.4. The number of nitrogens with one attached hydrogen (secondary N) is 1. The van der Waals surface area contributed by atoms with E-state index in [0.717, 1.165) is 28.1 Å². The van der Waals surface area contributed by atoms with Crippen molar-refractivity contribution in [3.8, 4) is 5.75 Å². The van der Waals surface area contributed by atoms with E-state index in [1.807, 2.05) is 13.0 Å². The van der Waals surface area contributed by atoms with Crippen molar-refractivity contribution in [1.82, 2.24) is 10.2 Å². The van der Waals surface area contributed by atoms with Crippen molar-refractivity contribution in [3.05, 3.63) is 34.5 Å². The summed E-state index contributed by atoms with van der Waals surface area (Å²) in [5.41, 5.74) is 1.42. The first-order chi connectivity index (χ1) is 11.5. The van der Waals surface area contributed by atoms with Crippen LogP contribution in [0, 0.1) is 12.8 Å². The number of carbonyl (C=O) groups is 1. The lowest BCUT2D eigenvalue weighted by Crippen LogP contribution is -2.11. The monoisotopic (exact) mass is 345 g/mol. The third kappa shape index (κ3) is 3.26. The van der Waals surface area contributed by atoms with Crippen LogP contribution in [0.15, 0.2) is 22.6 Å². The second-order valence-corrected chi connectivity index (χ2v) is 7.03. The SMILES string of the molecule is COc1ccc2oc(C(=O)Nc3nnc(CC(C)C)s3)c(C)c2c1. The van der Waals surface area contributed by atoms with E-state index < -0.39 is 0 Å². The van der Waals surface area contributed by atoms with Crippen LogP contribution in [0.1, 0.15) is 35.0 Å². The molecule has 0 bridgehead atoms. The Morgan fingerprint density at radius 3 is 2.88 bits per heavy atom. The van der Waals surface area contributed by atoms with Gasteiger partial charge in [-0.15, -0.1) is 10.2 Å². The molecule has 1 aromatic carbocycles. The number of benzene rings is 1. The van der Waals surface area contributed by atoms with Gasteiger partial charge in [-0.1, -0.05) is 25.2 Å². The molecule has 126 valence electrons. The van der Waals surface area contributed by atoms with E-state index in [-0.39, 0.29) is 11.7 Å². The number of ether oxygens (including phenoxy) is 1. The molecule has 0 fully saturated rings. The summed E-state index contributed by atoms with van der Waals surface area (Å²) in [6.07, 6.45) is 0.844. The summed E-state index contributed by atoms with van der Waals surface area (Å²) in [6.45, 7) is 6.09. The predicted molar refractivity (Wildman–Crippen MR) is 93.9 cm³/mol. The highest BCUT2D eigenvalue weighted by Crippen LogP contribution is 2.29. The van der Waals surface area contributed by atoms with Gasteiger partial charge in [-0.25, -0.2) is 0 Å². The summed E-state index contributed by atoms with van der Waals surface area (Å²) in [4.78, 5) is 12.5. The van der Waals surface area contributed by atoms with Crippen LogP contribution in [-0.2, 0) is 6.42 Å². The van der Waals surface area contributed by atoms with Crippen LogP contribution in [0.5, 0.6) is 5.75 Å². The second kappa shape index (κ2) is 6.60. The van der Waals surface area contributed by atoms with Crippen LogP contribution in [0.25, 0.3) is 11.0 Å². The molecule has 2 heterocycles. The Balaban J connectivity index is 1.83. The number of amides is 1. The van der Waals surface area contributed by atoms with Gasteiger partial charge in [-0.2, -0.15) is 0 Å². The number of methoxy groups -OCH3 is 1. The largest absolute Gasteiger partial charge is 0.497 e. The summed E-state index contributed by atoms with van der Waals surface area (Å²) in [7, 11) is 1.61. The Morgan fingerprint density at radius 1 is 1.38 bits per heavy atom. The topological polar surface area (TPSA) is 77.2 Å². The first-order valence-corrected chi connectivity index (χ1v) is 8.50. The number of rotatable bonds is 5. The third-order valence-electron chi connectivity index (χ3n) is 3.62. The van der Waals surface area contributed by atoms with E-state index in [0.29, 0.717) is 16.6 Å². The normalized spacial score (nSPS) is 11.2. The first-order valence-electron chi connectivity index (χ1n) is 7.68. The lowest BCUT2D eigenvalue weighted by Gasteiger charge is -1.99. The van der Waals surface area contributed by atoms with Crippen molar-refractivity contribution >= 4 is 33.3 Å². The molecule has 0 radical (unpaired) electrons. The number of aromatic nitrogens is 2. The zero-order chi connectivity index (χ0) is 17.3. The van der Waals surface area contributed by atoms with Gasteiger partial charge in [0.2, 0.25) is 5.13 Å². The molecule has 6 nitrogen and oxygen atoms in total. The van der Waals surface area contributed by atoms with Crippen molar-refractivity contribution < 1.29 is 13.9 Å². The standard InChI is InChI=1S/C17H19N3O3S/c1-9(2)7-14-19-20-17(24-14)18-16(21)15-10(3)12-8-11(22-4)5-6-13(12)23-15/h5-6,8-9H,7H2,1-4H3,(H,18,20,21). The molecule has 3 rings (SSSR count). The fraction of sp³-hybridized carbons (Fsp3) is 0.353. The van der Waals surface area contributed by atoms with Gasteiger partial charge in [0.1, 0.15) is 16.3 Å². The van der Waals surface area contributed by atoms with E-state index in [1.54, 1.807) is 19.2 Å². The average molecular weight is 345 g/mol. The Morgan fingerprint density at radius 2 is 2.17 bits per heavy atom. The number of aryl methyl sites for hydroxylation is 1. The molecular weight excluding hydrogens is 326 g/mol. The fourth-order valence-electron chi connectivity index (χ4n) is 2.43. The van der Waals surface area contributed by atoms with Gasteiger partial charge < -0.3 is 9.15 Å². The number of carbonyl (C=O) groups excluding carboxylic acids is 1. The molecule has 0 atom stereocenters. The summed E-state index contributed by atoms with van der Waals surface area (Å²) in [6, 6.07) is 5.45. The highest BCUT2D eigenvalue weighted by atomic mass is 32.1. The van der Waals surface area contributed by atoms with Crippen molar-refractivity contribution in [1.29, 1.82) is 0 Å². The van der Waals surface area contributed by atoms with E-state index in [2.05, 4.69) is 29.4 Å². The molecule has 2 aromatic heterocycles. The molecule has 0 unspecified atom stereocenters. The molecule has 3 aromatic rings. The Kier molecular flexibility index (Phi) is 4.53. The molecule has 0 saturated heterocycles. The van der Waals surface area contributed by atoms with Gasteiger partial charge in [-0.05, 0) is 31.0 Å². The lowest BCUT2D eigenvalue weighted by molar-refractivity contribution is 0.0998. The van der Waals surface area contributed by atoms with Crippen LogP contribution in [0.3, 0.4) is 0 Å². The maximum atomic E-state index is 12.5. The molecule has 0 saturated carbocycles. The van der Waals surface area contributed by atoms with Crippen molar-refractivity contribution in [2.75, 3.05) is 12.4 Å². The summed E-state index contributed by atoms with van der Waals surface area (Å²) in [5, 5.41) is 13.1. The predicted octanol–water partition coefficient (Wildman–Crippen LogP) is 4.05. The van der Waals surface area contributed by atoms with Crippen LogP contribution < -0.4 is 10.1 Å². The number of hydrogen-bond acceptors (Lipinski definition) is 6. The minimum Gasteiger partial charge on any atom is -0.497 e. The quantitative estimate of drug-likeness (QED) is 0.755. The second-order valence-electron chi connectivity index (χ2n) is 5.97. The van der Waals surface area contributed by atoms with E-state index in [9.17, 15) is 4.79 Å². The number of furan rings is 1. The average Bonchev–Trinajstić information content (AvgIpc) is 3.11. The third-order valence-corrected chi connectivity index (χ3v) is 4.48. The number of fused-ring (bicyclic) bond motifs is 1. The zero-order valence-electron chi connectivity index (χ0n) is 14.0. The van der Waals surface area contributed by atoms with Crippen molar-refractivity contribution in [2.45, 2.75) is 27.2 Å². The fourth-order valence-corrected chi connectivity index (χ4v) is 3.38. The summed E-state index contributed by atoms with van der Waals surface area (Å²) >= 11 is 1.39. The molecule has 0 aliphatic rings. The van der Waals surface area contributed by atoms with E-state index >= 15 is 0 Å². The van der Waals surface area contributed by atoms with Gasteiger partial charge in [0.05, 0.1) is 7.11 Å². The van der Waals surface area contributed by atoms with Crippen LogP contribution in [-0.4, -0.2) is 23.2 Å². The molecule has 0 aliphatic carbocycles. The summed E-state index contributed by atoms with van der Waals surface area (Å²) < 4.78 is 10.9. The van der Waals surface area contributed by atoms with Crippen molar-refractivity contribution in [3.63, 3.8) is 0 Å². The van der Waals surface area contributed by atoms with Gasteiger partial charge in [-0.3, -0.25) is 10.1 Å². The highest BCUT2D eigenvalue weighted by Gasteiger charge is 2.19. The molecule has 0 aliphatic heterocycles. The molecular formula is C17H19N3O3S. The van der Waals surface area contributed by atoms with Gasteiger partial charge in [0.15, 0.2) is 5.76 Å². The van der Waals surface area contributed by atoms with Crippen LogP contribution in [0.2, 0.25) is 0 Å². The summed E-state index contributed by atoms with van der Waals surface area (Å²) in [5.74, 6) is 1.17. The number of hydrogen-bond donors (Lipinski definition) is 1. The smallest absolute Gasteiger partial charge is 0.293 e. The Hall–Kier alpha value is -2.41.